The van der Waals surface area contributed by atoms with Crippen LogP contribution in [0.5, 0.6) is 0 Å². The van der Waals surface area contributed by atoms with Crippen LogP contribution in [-0.4, -0.2) is 50.7 Å². The minimum absolute atomic E-state index is 0.0799. The van der Waals surface area contributed by atoms with Crippen molar-refractivity contribution in [3.8, 4) is 0 Å². The van der Waals surface area contributed by atoms with Crippen LogP contribution in [0.15, 0.2) is 6.20 Å². The Morgan fingerprint density at radius 1 is 1.47 bits per heavy atom. The van der Waals surface area contributed by atoms with Crippen molar-refractivity contribution in [1.29, 1.82) is 0 Å². The van der Waals surface area contributed by atoms with E-state index in [2.05, 4.69) is 10.3 Å². The molecule has 6 heteroatoms. The first-order valence-corrected chi connectivity index (χ1v) is 6.88. The average Bonchev–Trinajstić information content (AvgIpc) is 2.80. The zero-order valence-electron chi connectivity index (χ0n) is 11.2. The molecule has 0 aliphatic carbocycles. The van der Waals surface area contributed by atoms with Crippen LogP contribution >= 0.6 is 0 Å². The first-order chi connectivity index (χ1) is 9.05. The van der Waals surface area contributed by atoms with Crippen LogP contribution in [0.4, 0.5) is 5.95 Å². The molecule has 1 saturated heterocycles. The van der Waals surface area contributed by atoms with E-state index in [1.165, 1.54) is 0 Å². The Labute approximate surface area is 112 Å². The second-order valence-electron chi connectivity index (χ2n) is 5.75. The highest BCUT2D eigenvalue weighted by atomic mass is 16.3. The van der Waals surface area contributed by atoms with Gasteiger partial charge >= 0.3 is 0 Å². The number of hydrogen-bond donors (Lipinski definition) is 2. The fourth-order valence-corrected chi connectivity index (χ4v) is 2.84. The van der Waals surface area contributed by atoms with Gasteiger partial charge in [0.25, 0.3) is 5.91 Å². The normalized spacial score (nSPS) is 26.7. The van der Waals surface area contributed by atoms with Crippen molar-refractivity contribution in [1.82, 2.24) is 14.5 Å². The van der Waals surface area contributed by atoms with Gasteiger partial charge in [-0.2, -0.15) is 0 Å². The van der Waals surface area contributed by atoms with Gasteiger partial charge in [0.1, 0.15) is 5.69 Å². The molecule has 2 aliphatic heterocycles. The fraction of sp³-hybridized carbons (Fsp3) is 0.692. The maximum Gasteiger partial charge on any atom is 0.274 e. The van der Waals surface area contributed by atoms with Gasteiger partial charge in [-0.3, -0.25) is 4.79 Å². The van der Waals surface area contributed by atoms with E-state index in [1.807, 2.05) is 10.8 Å². The standard InChI is InChI=1S/C13H20N4O2/c1-13(19)4-2-6-17(9-13)11(18)10-8-16-7-3-5-14-12(16)15-10/h8,19H,2-7,9H2,1H3,(H,14,15). The number of carbonyl (C=O) groups is 1. The van der Waals surface area contributed by atoms with E-state index in [0.29, 0.717) is 18.8 Å². The topological polar surface area (TPSA) is 70.4 Å². The van der Waals surface area contributed by atoms with Gasteiger partial charge in [-0.05, 0) is 26.2 Å². The van der Waals surface area contributed by atoms with Crippen LogP contribution in [-0.2, 0) is 6.54 Å². The van der Waals surface area contributed by atoms with E-state index in [1.54, 1.807) is 11.8 Å². The van der Waals surface area contributed by atoms with Gasteiger partial charge in [0, 0.05) is 32.4 Å². The van der Waals surface area contributed by atoms with E-state index >= 15 is 0 Å². The molecule has 0 aromatic carbocycles. The molecule has 0 spiro atoms. The molecule has 1 amide bonds. The van der Waals surface area contributed by atoms with Crippen LogP contribution in [0, 0.1) is 0 Å². The second-order valence-corrected chi connectivity index (χ2v) is 5.75. The fourth-order valence-electron chi connectivity index (χ4n) is 2.84. The number of amides is 1. The SMILES string of the molecule is CC1(O)CCCN(C(=O)c2cn3c(n2)NCCC3)C1. The minimum atomic E-state index is -0.772. The summed E-state index contributed by atoms with van der Waals surface area (Å²) in [6.07, 6.45) is 4.45. The van der Waals surface area contributed by atoms with Gasteiger partial charge in [-0.25, -0.2) is 4.98 Å². The van der Waals surface area contributed by atoms with Crippen molar-refractivity contribution in [2.45, 2.75) is 38.3 Å². The van der Waals surface area contributed by atoms with Crippen LogP contribution in [0.25, 0.3) is 0 Å². The molecule has 2 aliphatic rings. The zero-order chi connectivity index (χ0) is 13.5. The van der Waals surface area contributed by atoms with Crippen molar-refractivity contribution in [3.05, 3.63) is 11.9 Å². The lowest BCUT2D eigenvalue weighted by atomic mass is 9.95. The molecule has 0 radical (unpaired) electrons. The Kier molecular flexibility index (Phi) is 2.97. The predicted octanol–water partition coefficient (Wildman–Crippen LogP) is 0.686. The van der Waals surface area contributed by atoms with Crippen molar-refractivity contribution >= 4 is 11.9 Å². The third-order valence-corrected chi connectivity index (χ3v) is 3.82. The molecule has 1 fully saturated rings. The zero-order valence-corrected chi connectivity index (χ0v) is 11.2. The second kappa shape index (κ2) is 4.52. The van der Waals surface area contributed by atoms with Gasteiger partial charge in [-0.15, -0.1) is 0 Å². The monoisotopic (exact) mass is 264 g/mol. The molecule has 3 rings (SSSR count). The number of aromatic nitrogens is 2. The summed E-state index contributed by atoms with van der Waals surface area (Å²) >= 11 is 0. The minimum Gasteiger partial charge on any atom is -0.388 e. The molecule has 1 aromatic rings. The van der Waals surface area contributed by atoms with Crippen molar-refractivity contribution in [2.75, 3.05) is 25.0 Å². The number of nitrogens with one attached hydrogen (secondary N) is 1. The van der Waals surface area contributed by atoms with Crippen molar-refractivity contribution in [2.24, 2.45) is 0 Å². The quantitative estimate of drug-likeness (QED) is 0.783. The molecule has 2 N–H and O–H groups in total. The van der Waals surface area contributed by atoms with Crippen molar-refractivity contribution in [3.63, 3.8) is 0 Å². The number of aliphatic hydroxyl groups is 1. The van der Waals surface area contributed by atoms with E-state index < -0.39 is 5.60 Å². The molecular formula is C13H20N4O2. The number of carbonyl (C=O) groups excluding carboxylic acids is 1. The van der Waals surface area contributed by atoms with Crippen molar-refractivity contribution < 1.29 is 9.90 Å². The number of aryl methyl sites for hydroxylation is 1. The molecule has 3 heterocycles. The summed E-state index contributed by atoms with van der Waals surface area (Å²) < 4.78 is 1.98. The summed E-state index contributed by atoms with van der Waals surface area (Å²) in [6, 6.07) is 0. The Balaban J connectivity index is 1.78. The lowest BCUT2D eigenvalue weighted by Gasteiger charge is -2.36. The lowest BCUT2D eigenvalue weighted by Crippen LogP contribution is -2.48. The Bertz CT molecular complexity index is 471. The highest BCUT2D eigenvalue weighted by Gasteiger charge is 2.32. The predicted molar refractivity (Wildman–Crippen MR) is 71.1 cm³/mol. The average molecular weight is 264 g/mol. The lowest BCUT2D eigenvalue weighted by molar-refractivity contribution is -0.0109. The Morgan fingerprint density at radius 2 is 2.32 bits per heavy atom. The summed E-state index contributed by atoms with van der Waals surface area (Å²) in [5.74, 6) is 0.696. The number of hydrogen-bond acceptors (Lipinski definition) is 4. The van der Waals surface area contributed by atoms with Crippen LogP contribution in [0.1, 0.15) is 36.7 Å². The summed E-state index contributed by atoms with van der Waals surface area (Å²) in [4.78, 5) is 18.5. The number of likely N-dealkylation sites (tertiary alicyclic amines) is 1. The molecule has 1 atom stereocenters. The summed E-state index contributed by atoms with van der Waals surface area (Å²) in [5.41, 5.74) is -0.298. The van der Waals surface area contributed by atoms with Gasteiger partial charge in [0.2, 0.25) is 5.95 Å². The summed E-state index contributed by atoms with van der Waals surface area (Å²) in [7, 11) is 0. The number of imidazole rings is 1. The van der Waals surface area contributed by atoms with E-state index in [-0.39, 0.29) is 5.91 Å². The first-order valence-electron chi connectivity index (χ1n) is 6.88. The summed E-state index contributed by atoms with van der Waals surface area (Å²) in [6.45, 7) is 4.68. The highest BCUT2D eigenvalue weighted by Crippen LogP contribution is 2.22. The number of β-amino-alcohol motifs (C(OH)–C–C–N with tert-alkyl or cyclic N) is 1. The maximum atomic E-state index is 12.4. The molecule has 0 saturated carbocycles. The van der Waals surface area contributed by atoms with Gasteiger partial charge in [0.05, 0.1) is 5.60 Å². The first kappa shape index (κ1) is 12.5. The summed E-state index contributed by atoms with van der Waals surface area (Å²) in [5, 5.41) is 13.3. The Hall–Kier alpha value is -1.56. The number of rotatable bonds is 1. The molecule has 1 aromatic heterocycles. The molecule has 0 bridgehead atoms. The van der Waals surface area contributed by atoms with E-state index in [0.717, 1.165) is 38.3 Å². The maximum absolute atomic E-state index is 12.4. The van der Waals surface area contributed by atoms with Gasteiger partial charge < -0.3 is 19.9 Å². The molecule has 19 heavy (non-hydrogen) atoms. The van der Waals surface area contributed by atoms with Crippen LogP contribution in [0.3, 0.4) is 0 Å². The molecular weight excluding hydrogens is 244 g/mol. The molecule has 104 valence electrons. The smallest absolute Gasteiger partial charge is 0.274 e. The van der Waals surface area contributed by atoms with E-state index in [9.17, 15) is 9.90 Å². The third kappa shape index (κ3) is 2.45. The Morgan fingerprint density at radius 3 is 3.05 bits per heavy atom. The number of piperidine rings is 1. The highest BCUT2D eigenvalue weighted by molar-refractivity contribution is 5.92. The number of fused-ring (bicyclic) bond motifs is 1. The van der Waals surface area contributed by atoms with Gasteiger partial charge in [0.15, 0.2) is 0 Å². The third-order valence-electron chi connectivity index (χ3n) is 3.82. The van der Waals surface area contributed by atoms with Gasteiger partial charge in [-0.1, -0.05) is 0 Å². The van der Waals surface area contributed by atoms with Crippen LogP contribution < -0.4 is 5.32 Å². The van der Waals surface area contributed by atoms with E-state index in [4.69, 9.17) is 0 Å². The number of nitrogens with zero attached hydrogens (tertiary/aromatic N) is 3. The molecule has 1 unspecified atom stereocenters. The van der Waals surface area contributed by atoms with Crippen LogP contribution in [0.2, 0.25) is 0 Å². The molecule has 6 nitrogen and oxygen atoms in total. The largest absolute Gasteiger partial charge is 0.388 e. The number of anilines is 1.